The van der Waals surface area contributed by atoms with Crippen molar-refractivity contribution in [2.75, 3.05) is 13.2 Å². The van der Waals surface area contributed by atoms with Crippen LogP contribution in [-0.4, -0.2) is 19.1 Å². The number of nitrogens with two attached hydrogens (primary N) is 1. The van der Waals surface area contributed by atoms with Crippen molar-refractivity contribution in [3.63, 3.8) is 0 Å². The molecule has 4 nitrogen and oxygen atoms in total. The fraction of sp³-hybridized carbons (Fsp3) is 0.533. The molecule has 4 heteroatoms. The molecule has 0 spiro atoms. The highest BCUT2D eigenvalue weighted by atomic mass is 16.5. The largest absolute Gasteiger partial charge is 0.484 e. The van der Waals surface area contributed by atoms with E-state index in [1.165, 1.54) is 12.8 Å². The Morgan fingerprint density at radius 3 is 2.84 bits per heavy atom. The van der Waals surface area contributed by atoms with E-state index in [4.69, 9.17) is 10.5 Å². The summed E-state index contributed by atoms with van der Waals surface area (Å²) in [4.78, 5) is 11.6. The molecule has 0 bridgehead atoms. The summed E-state index contributed by atoms with van der Waals surface area (Å²) >= 11 is 0. The summed E-state index contributed by atoms with van der Waals surface area (Å²) in [5, 5.41) is 2.88. The van der Waals surface area contributed by atoms with Gasteiger partial charge in [-0.2, -0.15) is 0 Å². The molecule has 1 saturated carbocycles. The number of amides is 1. The Morgan fingerprint density at radius 1 is 1.53 bits per heavy atom. The summed E-state index contributed by atoms with van der Waals surface area (Å²) in [5.41, 5.74) is 7.90. The molecule has 3 N–H and O–H groups in total. The SMILES string of the molecule is Cc1cc([C@H](C)N)ccc1OCC(=O)NCC1CC1. The predicted octanol–water partition coefficient (Wildman–Crippen LogP) is 1.92. The molecular weight excluding hydrogens is 240 g/mol. The molecule has 19 heavy (non-hydrogen) atoms. The lowest BCUT2D eigenvalue weighted by Gasteiger charge is -2.12. The molecule has 1 aliphatic rings. The number of aryl methyl sites for hydroxylation is 1. The Bertz CT molecular complexity index is 453. The summed E-state index contributed by atoms with van der Waals surface area (Å²) < 4.78 is 5.53. The zero-order valence-corrected chi connectivity index (χ0v) is 11.6. The molecule has 1 aromatic rings. The van der Waals surface area contributed by atoms with Crippen molar-refractivity contribution in [2.45, 2.75) is 32.7 Å². The number of hydrogen-bond acceptors (Lipinski definition) is 3. The number of benzene rings is 1. The Morgan fingerprint density at radius 2 is 2.26 bits per heavy atom. The van der Waals surface area contributed by atoms with E-state index in [-0.39, 0.29) is 18.6 Å². The molecule has 1 aliphatic carbocycles. The van der Waals surface area contributed by atoms with Crippen LogP contribution in [0, 0.1) is 12.8 Å². The molecule has 1 aromatic carbocycles. The number of hydrogen-bond donors (Lipinski definition) is 2. The third-order valence-corrected chi connectivity index (χ3v) is 3.37. The van der Waals surface area contributed by atoms with Crippen LogP contribution in [0.5, 0.6) is 5.75 Å². The summed E-state index contributed by atoms with van der Waals surface area (Å²) in [5.74, 6) is 1.38. The zero-order valence-electron chi connectivity index (χ0n) is 11.6. The quantitative estimate of drug-likeness (QED) is 0.823. The average Bonchev–Trinajstić information content (AvgIpc) is 3.18. The topological polar surface area (TPSA) is 64.3 Å². The maximum atomic E-state index is 11.6. The van der Waals surface area contributed by atoms with Gasteiger partial charge in [-0.3, -0.25) is 4.79 Å². The van der Waals surface area contributed by atoms with Gasteiger partial charge < -0.3 is 15.8 Å². The zero-order chi connectivity index (χ0) is 13.8. The van der Waals surface area contributed by atoms with Gasteiger partial charge >= 0.3 is 0 Å². The Balaban J connectivity index is 1.82. The number of carbonyl (C=O) groups excluding carboxylic acids is 1. The highest BCUT2D eigenvalue weighted by molar-refractivity contribution is 5.77. The molecule has 0 saturated heterocycles. The van der Waals surface area contributed by atoms with Gasteiger partial charge in [-0.1, -0.05) is 12.1 Å². The van der Waals surface area contributed by atoms with Gasteiger partial charge in [0.1, 0.15) is 5.75 Å². The average molecular weight is 262 g/mol. The van der Waals surface area contributed by atoms with Crippen molar-refractivity contribution < 1.29 is 9.53 Å². The number of ether oxygens (including phenoxy) is 1. The van der Waals surface area contributed by atoms with E-state index in [0.717, 1.165) is 23.4 Å². The first-order chi connectivity index (χ1) is 9.06. The lowest BCUT2D eigenvalue weighted by Crippen LogP contribution is -2.30. The summed E-state index contributed by atoms with van der Waals surface area (Å²) in [6.45, 7) is 4.76. The first-order valence-corrected chi connectivity index (χ1v) is 6.82. The summed E-state index contributed by atoms with van der Waals surface area (Å²) in [6, 6.07) is 5.83. The number of carbonyl (C=O) groups is 1. The van der Waals surface area contributed by atoms with Crippen LogP contribution in [0.2, 0.25) is 0 Å². The van der Waals surface area contributed by atoms with E-state index in [9.17, 15) is 4.79 Å². The molecule has 0 heterocycles. The number of nitrogens with one attached hydrogen (secondary N) is 1. The second kappa shape index (κ2) is 6.06. The van der Waals surface area contributed by atoms with Gasteiger partial charge in [0, 0.05) is 12.6 Å². The van der Waals surface area contributed by atoms with E-state index in [0.29, 0.717) is 5.92 Å². The van der Waals surface area contributed by atoms with Gasteiger partial charge in [0.15, 0.2) is 6.61 Å². The standard InChI is InChI=1S/C15H22N2O2/c1-10-7-13(11(2)16)5-6-14(10)19-9-15(18)17-8-12-3-4-12/h5-7,11-12H,3-4,8-9,16H2,1-2H3,(H,17,18)/t11-/m0/s1. The summed E-state index contributed by atoms with van der Waals surface area (Å²) in [7, 11) is 0. The van der Waals surface area contributed by atoms with E-state index in [2.05, 4.69) is 5.32 Å². The van der Waals surface area contributed by atoms with Crippen LogP contribution in [0.15, 0.2) is 18.2 Å². The second-order valence-electron chi connectivity index (χ2n) is 5.35. The fourth-order valence-corrected chi connectivity index (χ4v) is 1.89. The first kappa shape index (κ1) is 13.9. The Labute approximate surface area is 114 Å². The molecule has 0 unspecified atom stereocenters. The van der Waals surface area contributed by atoms with Crippen LogP contribution >= 0.6 is 0 Å². The Hall–Kier alpha value is -1.55. The third-order valence-electron chi connectivity index (χ3n) is 3.37. The summed E-state index contributed by atoms with van der Waals surface area (Å²) in [6.07, 6.45) is 2.47. The molecule has 104 valence electrons. The van der Waals surface area contributed by atoms with Crippen LogP contribution in [0.3, 0.4) is 0 Å². The number of rotatable bonds is 6. The molecular formula is C15H22N2O2. The minimum Gasteiger partial charge on any atom is -0.484 e. The molecule has 2 rings (SSSR count). The van der Waals surface area contributed by atoms with Gasteiger partial charge in [0.25, 0.3) is 5.91 Å². The van der Waals surface area contributed by atoms with Crippen molar-refractivity contribution >= 4 is 5.91 Å². The van der Waals surface area contributed by atoms with Crippen LogP contribution in [0.4, 0.5) is 0 Å². The highest BCUT2D eigenvalue weighted by Gasteiger charge is 2.21. The third kappa shape index (κ3) is 4.24. The van der Waals surface area contributed by atoms with Crippen molar-refractivity contribution in [1.82, 2.24) is 5.32 Å². The minimum atomic E-state index is -0.0532. The lowest BCUT2D eigenvalue weighted by atomic mass is 10.1. The smallest absolute Gasteiger partial charge is 0.257 e. The van der Waals surface area contributed by atoms with Gasteiger partial charge in [-0.25, -0.2) is 0 Å². The highest BCUT2D eigenvalue weighted by Crippen LogP contribution is 2.27. The molecule has 0 aliphatic heterocycles. The molecule has 1 amide bonds. The van der Waals surface area contributed by atoms with Crippen LogP contribution in [0.25, 0.3) is 0 Å². The maximum Gasteiger partial charge on any atom is 0.257 e. The molecule has 0 radical (unpaired) electrons. The van der Waals surface area contributed by atoms with Gasteiger partial charge in [0.2, 0.25) is 0 Å². The van der Waals surface area contributed by atoms with E-state index in [1.54, 1.807) is 0 Å². The Kier molecular flexibility index (Phi) is 4.43. The van der Waals surface area contributed by atoms with E-state index < -0.39 is 0 Å². The van der Waals surface area contributed by atoms with Gasteiger partial charge in [-0.05, 0) is 49.8 Å². The molecule has 0 aromatic heterocycles. The van der Waals surface area contributed by atoms with E-state index in [1.807, 2.05) is 32.0 Å². The minimum absolute atomic E-state index is 0.00888. The molecule has 1 atom stereocenters. The van der Waals surface area contributed by atoms with Crippen LogP contribution in [0.1, 0.15) is 36.9 Å². The van der Waals surface area contributed by atoms with Crippen LogP contribution in [-0.2, 0) is 4.79 Å². The normalized spacial score (nSPS) is 15.9. The lowest BCUT2D eigenvalue weighted by molar-refractivity contribution is -0.123. The van der Waals surface area contributed by atoms with Crippen molar-refractivity contribution in [3.8, 4) is 5.75 Å². The van der Waals surface area contributed by atoms with Crippen molar-refractivity contribution in [2.24, 2.45) is 11.7 Å². The van der Waals surface area contributed by atoms with Crippen molar-refractivity contribution in [1.29, 1.82) is 0 Å². The monoisotopic (exact) mass is 262 g/mol. The van der Waals surface area contributed by atoms with Crippen LogP contribution < -0.4 is 15.8 Å². The second-order valence-corrected chi connectivity index (χ2v) is 5.35. The maximum absolute atomic E-state index is 11.6. The van der Waals surface area contributed by atoms with Gasteiger partial charge in [-0.15, -0.1) is 0 Å². The van der Waals surface area contributed by atoms with Crippen molar-refractivity contribution in [3.05, 3.63) is 29.3 Å². The van der Waals surface area contributed by atoms with Gasteiger partial charge in [0.05, 0.1) is 0 Å². The first-order valence-electron chi connectivity index (χ1n) is 6.82. The predicted molar refractivity (Wildman–Crippen MR) is 75.0 cm³/mol. The van der Waals surface area contributed by atoms with E-state index >= 15 is 0 Å². The fourth-order valence-electron chi connectivity index (χ4n) is 1.89. The molecule has 1 fully saturated rings.